The van der Waals surface area contributed by atoms with Gasteiger partial charge in [0.2, 0.25) is 0 Å². The Labute approximate surface area is 174 Å². The molecule has 2 aliphatic rings. The van der Waals surface area contributed by atoms with Crippen molar-refractivity contribution in [3.05, 3.63) is 53.6 Å². The molecule has 1 spiro atoms. The maximum absolute atomic E-state index is 12.1. The molecule has 30 heavy (non-hydrogen) atoms. The fourth-order valence-electron chi connectivity index (χ4n) is 3.70. The van der Waals surface area contributed by atoms with Gasteiger partial charge < -0.3 is 19.5 Å². The van der Waals surface area contributed by atoms with Crippen LogP contribution in [0.3, 0.4) is 0 Å². The van der Waals surface area contributed by atoms with E-state index >= 15 is 0 Å². The van der Waals surface area contributed by atoms with Crippen molar-refractivity contribution in [2.24, 2.45) is 0 Å². The van der Waals surface area contributed by atoms with E-state index in [4.69, 9.17) is 19.5 Å². The number of carbonyl (C=O) groups is 2. The van der Waals surface area contributed by atoms with E-state index in [2.05, 4.69) is 5.32 Å². The number of hydrogen-bond acceptors (Lipinski definition) is 6. The Balaban J connectivity index is 1.22. The molecule has 1 aliphatic heterocycles. The Morgan fingerprint density at radius 2 is 1.80 bits per heavy atom. The van der Waals surface area contributed by atoms with Crippen LogP contribution in [0.2, 0.25) is 0 Å². The van der Waals surface area contributed by atoms with Crippen LogP contribution in [0.1, 0.15) is 43.2 Å². The number of nitrogens with one attached hydrogen (secondary N) is 1. The number of amides is 1. The van der Waals surface area contributed by atoms with Crippen LogP contribution in [0.15, 0.2) is 42.5 Å². The van der Waals surface area contributed by atoms with Crippen LogP contribution < -0.4 is 14.8 Å². The van der Waals surface area contributed by atoms with E-state index in [1.807, 2.05) is 6.07 Å². The number of anilines is 1. The number of rotatable bonds is 6. The summed E-state index contributed by atoms with van der Waals surface area (Å²) in [5.41, 5.74) is 2.06. The monoisotopic (exact) mass is 406 g/mol. The normalized spacial score (nSPS) is 15.6. The van der Waals surface area contributed by atoms with Crippen LogP contribution in [0, 0.1) is 11.3 Å². The number of ether oxygens (including phenoxy) is 3. The van der Waals surface area contributed by atoms with Crippen LogP contribution in [0.25, 0.3) is 0 Å². The molecule has 1 heterocycles. The molecular formula is C23H22N2O5. The molecule has 0 saturated heterocycles. The highest BCUT2D eigenvalue weighted by molar-refractivity contribution is 5.93. The summed E-state index contributed by atoms with van der Waals surface area (Å²) < 4.78 is 17.0. The maximum atomic E-state index is 12.1. The van der Waals surface area contributed by atoms with Gasteiger partial charge in [-0.1, -0.05) is 12.1 Å². The lowest BCUT2D eigenvalue weighted by molar-refractivity contribution is -0.147. The fraction of sp³-hybridized carbons (Fsp3) is 0.348. The number of esters is 1. The smallest absolute Gasteiger partial charge is 0.306 e. The lowest BCUT2D eigenvalue weighted by Crippen LogP contribution is -2.34. The highest BCUT2D eigenvalue weighted by Crippen LogP contribution is 2.47. The SMILES string of the molecule is N#Cc1ccc(CCC(=O)OCC(=O)Nc2ccc3c(c2)OC2(CCCC2)O3)cc1. The summed E-state index contributed by atoms with van der Waals surface area (Å²) in [6.07, 6.45) is 4.52. The summed E-state index contributed by atoms with van der Waals surface area (Å²) in [6, 6.07) is 14.3. The van der Waals surface area contributed by atoms with Gasteiger partial charge >= 0.3 is 5.97 Å². The topological polar surface area (TPSA) is 97.7 Å². The highest BCUT2D eigenvalue weighted by Gasteiger charge is 2.44. The quantitative estimate of drug-likeness (QED) is 0.735. The predicted octanol–water partition coefficient (Wildman–Crippen LogP) is 3.71. The zero-order valence-corrected chi connectivity index (χ0v) is 16.5. The molecule has 4 rings (SSSR count). The van der Waals surface area contributed by atoms with Gasteiger partial charge in [-0.05, 0) is 49.1 Å². The van der Waals surface area contributed by atoms with Crippen LogP contribution in [0.4, 0.5) is 5.69 Å². The Morgan fingerprint density at radius 3 is 2.53 bits per heavy atom. The van der Waals surface area contributed by atoms with E-state index in [0.717, 1.165) is 31.2 Å². The number of carbonyl (C=O) groups excluding carboxylic acids is 2. The predicted molar refractivity (Wildman–Crippen MR) is 108 cm³/mol. The summed E-state index contributed by atoms with van der Waals surface area (Å²) in [4.78, 5) is 24.0. The Kier molecular flexibility index (Phi) is 5.57. The number of benzene rings is 2. The molecule has 0 radical (unpaired) electrons. The molecule has 0 aromatic heterocycles. The van der Waals surface area contributed by atoms with Gasteiger partial charge in [-0.25, -0.2) is 0 Å². The molecule has 1 amide bonds. The van der Waals surface area contributed by atoms with Gasteiger partial charge in [0, 0.05) is 31.0 Å². The van der Waals surface area contributed by atoms with Crippen molar-refractivity contribution in [3.63, 3.8) is 0 Å². The molecule has 0 bridgehead atoms. The summed E-state index contributed by atoms with van der Waals surface area (Å²) >= 11 is 0. The second kappa shape index (κ2) is 8.46. The second-order valence-electron chi connectivity index (χ2n) is 7.50. The third-order valence-electron chi connectivity index (χ3n) is 5.25. The first kappa shape index (κ1) is 19.8. The second-order valence-corrected chi connectivity index (χ2v) is 7.50. The first-order chi connectivity index (χ1) is 14.5. The van der Waals surface area contributed by atoms with E-state index < -0.39 is 17.7 Å². The van der Waals surface area contributed by atoms with E-state index in [-0.39, 0.29) is 13.0 Å². The zero-order chi connectivity index (χ0) is 21.0. The third kappa shape index (κ3) is 4.54. The molecule has 154 valence electrons. The van der Waals surface area contributed by atoms with E-state index in [1.165, 1.54) is 0 Å². The molecular weight excluding hydrogens is 384 g/mol. The van der Waals surface area contributed by atoms with Crippen LogP contribution in [-0.2, 0) is 20.7 Å². The van der Waals surface area contributed by atoms with Crippen LogP contribution in [-0.4, -0.2) is 24.3 Å². The van der Waals surface area contributed by atoms with Gasteiger partial charge in [-0.2, -0.15) is 5.26 Å². The van der Waals surface area contributed by atoms with Gasteiger partial charge in [0.15, 0.2) is 18.1 Å². The maximum Gasteiger partial charge on any atom is 0.306 e. The average molecular weight is 406 g/mol. The molecule has 0 unspecified atom stereocenters. The number of fused-ring (bicyclic) bond motifs is 1. The summed E-state index contributed by atoms with van der Waals surface area (Å²) in [5.74, 6) is -0.118. The van der Waals surface area contributed by atoms with E-state index in [1.54, 1.807) is 42.5 Å². The van der Waals surface area contributed by atoms with E-state index in [0.29, 0.717) is 29.2 Å². The highest BCUT2D eigenvalue weighted by atomic mass is 16.7. The molecule has 7 heteroatoms. The van der Waals surface area contributed by atoms with Crippen molar-refractivity contribution in [3.8, 4) is 17.6 Å². The number of aryl methyl sites for hydroxylation is 1. The molecule has 1 aliphatic carbocycles. The van der Waals surface area contributed by atoms with Crippen molar-refractivity contribution in [2.75, 3.05) is 11.9 Å². The molecule has 1 fully saturated rings. The van der Waals surface area contributed by atoms with Crippen molar-refractivity contribution in [2.45, 2.75) is 44.3 Å². The molecule has 7 nitrogen and oxygen atoms in total. The van der Waals surface area contributed by atoms with Crippen LogP contribution >= 0.6 is 0 Å². The third-order valence-corrected chi connectivity index (χ3v) is 5.25. The fourth-order valence-corrected chi connectivity index (χ4v) is 3.70. The van der Waals surface area contributed by atoms with E-state index in [9.17, 15) is 9.59 Å². The first-order valence-corrected chi connectivity index (χ1v) is 10.0. The van der Waals surface area contributed by atoms with Gasteiger partial charge in [-0.3, -0.25) is 9.59 Å². The minimum Gasteiger partial charge on any atom is -0.456 e. The minimum absolute atomic E-state index is 0.158. The molecule has 2 aromatic rings. The van der Waals surface area contributed by atoms with Crippen molar-refractivity contribution in [1.29, 1.82) is 5.26 Å². The largest absolute Gasteiger partial charge is 0.456 e. The number of nitriles is 1. The molecule has 2 aromatic carbocycles. The van der Waals surface area contributed by atoms with Gasteiger partial charge in [0.25, 0.3) is 11.7 Å². The Hall–Kier alpha value is -3.53. The number of nitrogens with zero attached hydrogens (tertiary/aromatic N) is 1. The number of hydrogen-bond donors (Lipinski definition) is 1. The van der Waals surface area contributed by atoms with Crippen molar-refractivity contribution < 1.29 is 23.8 Å². The Bertz CT molecular complexity index is 988. The summed E-state index contributed by atoms with van der Waals surface area (Å²) in [7, 11) is 0. The van der Waals surface area contributed by atoms with Crippen LogP contribution in [0.5, 0.6) is 11.5 Å². The lowest BCUT2D eigenvalue weighted by atomic mass is 10.1. The van der Waals surface area contributed by atoms with Crippen molar-refractivity contribution in [1.82, 2.24) is 0 Å². The Morgan fingerprint density at radius 1 is 1.07 bits per heavy atom. The van der Waals surface area contributed by atoms with Gasteiger partial charge in [0.1, 0.15) is 0 Å². The lowest BCUT2D eigenvalue weighted by Gasteiger charge is -2.21. The molecule has 1 saturated carbocycles. The average Bonchev–Trinajstić information content (AvgIpc) is 3.36. The summed E-state index contributed by atoms with van der Waals surface area (Å²) in [6.45, 7) is -0.357. The zero-order valence-electron chi connectivity index (χ0n) is 16.5. The molecule has 1 N–H and O–H groups in total. The first-order valence-electron chi connectivity index (χ1n) is 10.0. The molecule has 0 atom stereocenters. The van der Waals surface area contributed by atoms with Gasteiger partial charge in [-0.15, -0.1) is 0 Å². The van der Waals surface area contributed by atoms with Crippen molar-refractivity contribution >= 4 is 17.6 Å². The van der Waals surface area contributed by atoms with Gasteiger partial charge in [0.05, 0.1) is 11.6 Å². The standard InChI is InChI=1S/C23H22N2O5/c24-14-17-5-3-16(4-6-17)7-10-22(27)28-15-21(26)25-18-8-9-19-20(13-18)30-23(29-19)11-1-2-12-23/h3-6,8-9,13H,1-2,7,10-12,15H2,(H,25,26). The minimum atomic E-state index is -0.546. The summed E-state index contributed by atoms with van der Waals surface area (Å²) in [5, 5.41) is 11.5.